The van der Waals surface area contributed by atoms with Crippen molar-refractivity contribution in [1.82, 2.24) is 4.31 Å². The third kappa shape index (κ3) is 2.79. The standard InChI is InChI=1S/C15H21NO3S/c1-11-6-4-7-12(2)16(11)20(18,19)15-9-5-8-14(10-15)13(3)17/h5,8-12H,4,6-7H2,1-3H3. The molecule has 0 aromatic heterocycles. The molecule has 1 aromatic carbocycles. The molecule has 1 saturated heterocycles. The summed E-state index contributed by atoms with van der Waals surface area (Å²) in [5.41, 5.74) is 0.434. The maximum absolute atomic E-state index is 12.8. The van der Waals surface area contributed by atoms with Crippen molar-refractivity contribution >= 4 is 15.8 Å². The van der Waals surface area contributed by atoms with Crippen molar-refractivity contribution in [1.29, 1.82) is 0 Å². The number of carbonyl (C=O) groups excluding carboxylic acids is 1. The van der Waals surface area contributed by atoms with Crippen molar-refractivity contribution in [3.8, 4) is 0 Å². The maximum Gasteiger partial charge on any atom is 0.243 e. The molecule has 0 spiro atoms. The number of ketones is 1. The number of Topliss-reactive ketones (excluding diaryl/α,β-unsaturated/α-hetero) is 1. The predicted molar refractivity (Wildman–Crippen MR) is 78.2 cm³/mol. The lowest BCUT2D eigenvalue weighted by Crippen LogP contribution is -2.47. The topological polar surface area (TPSA) is 54.5 Å². The second kappa shape index (κ2) is 5.66. The van der Waals surface area contributed by atoms with Gasteiger partial charge in [-0.25, -0.2) is 8.42 Å². The first-order chi connectivity index (χ1) is 9.34. The van der Waals surface area contributed by atoms with E-state index in [9.17, 15) is 13.2 Å². The molecule has 2 unspecified atom stereocenters. The van der Waals surface area contributed by atoms with E-state index in [-0.39, 0.29) is 22.8 Å². The predicted octanol–water partition coefficient (Wildman–Crippen LogP) is 2.84. The summed E-state index contributed by atoms with van der Waals surface area (Å²) in [5, 5.41) is 0. The Morgan fingerprint density at radius 3 is 2.35 bits per heavy atom. The quantitative estimate of drug-likeness (QED) is 0.806. The third-order valence-electron chi connectivity index (χ3n) is 3.93. The third-order valence-corrected chi connectivity index (χ3v) is 6.05. The smallest absolute Gasteiger partial charge is 0.243 e. The van der Waals surface area contributed by atoms with Crippen molar-refractivity contribution < 1.29 is 13.2 Å². The number of piperidine rings is 1. The number of sulfonamides is 1. The Morgan fingerprint density at radius 1 is 1.20 bits per heavy atom. The molecule has 0 bridgehead atoms. The van der Waals surface area contributed by atoms with Crippen molar-refractivity contribution in [3.05, 3.63) is 29.8 Å². The van der Waals surface area contributed by atoms with Crippen LogP contribution < -0.4 is 0 Å². The molecule has 0 radical (unpaired) electrons. The van der Waals surface area contributed by atoms with Crippen molar-refractivity contribution in [2.24, 2.45) is 0 Å². The highest BCUT2D eigenvalue weighted by Gasteiger charge is 2.35. The van der Waals surface area contributed by atoms with Crippen LogP contribution in [0.15, 0.2) is 29.2 Å². The monoisotopic (exact) mass is 295 g/mol. The van der Waals surface area contributed by atoms with Crippen LogP contribution in [0.25, 0.3) is 0 Å². The second-order valence-electron chi connectivity index (χ2n) is 5.55. The minimum atomic E-state index is -3.54. The highest BCUT2D eigenvalue weighted by Crippen LogP contribution is 2.29. The fourth-order valence-electron chi connectivity index (χ4n) is 2.87. The molecule has 1 aromatic rings. The Kier molecular flexibility index (Phi) is 4.30. The van der Waals surface area contributed by atoms with E-state index in [1.807, 2.05) is 13.8 Å². The number of carbonyl (C=O) groups is 1. The van der Waals surface area contributed by atoms with Gasteiger partial charge in [0.15, 0.2) is 5.78 Å². The van der Waals surface area contributed by atoms with Gasteiger partial charge in [-0.15, -0.1) is 0 Å². The Labute approximate surface area is 120 Å². The first-order valence-electron chi connectivity index (χ1n) is 6.98. The number of rotatable bonds is 3. The van der Waals surface area contributed by atoms with Gasteiger partial charge in [0.25, 0.3) is 0 Å². The highest BCUT2D eigenvalue weighted by atomic mass is 32.2. The maximum atomic E-state index is 12.8. The van der Waals surface area contributed by atoms with E-state index in [1.54, 1.807) is 22.5 Å². The van der Waals surface area contributed by atoms with Crippen molar-refractivity contribution in [3.63, 3.8) is 0 Å². The molecule has 2 atom stereocenters. The summed E-state index contributed by atoms with van der Waals surface area (Å²) in [4.78, 5) is 11.6. The number of benzene rings is 1. The highest BCUT2D eigenvalue weighted by molar-refractivity contribution is 7.89. The van der Waals surface area contributed by atoms with Gasteiger partial charge in [0.05, 0.1) is 4.90 Å². The fourth-order valence-corrected chi connectivity index (χ4v) is 4.80. The first-order valence-corrected chi connectivity index (χ1v) is 8.42. The van der Waals surface area contributed by atoms with E-state index < -0.39 is 10.0 Å². The van der Waals surface area contributed by atoms with Gasteiger partial charge in [-0.3, -0.25) is 4.79 Å². The first kappa shape index (κ1) is 15.2. The van der Waals surface area contributed by atoms with E-state index in [0.29, 0.717) is 5.56 Å². The SMILES string of the molecule is CC(=O)c1cccc(S(=O)(=O)N2C(C)CCCC2C)c1. The molecule has 5 heteroatoms. The van der Waals surface area contributed by atoms with E-state index in [1.165, 1.54) is 13.0 Å². The zero-order valence-corrected chi connectivity index (χ0v) is 13.0. The van der Waals surface area contributed by atoms with Crippen LogP contribution in [0.4, 0.5) is 0 Å². The van der Waals surface area contributed by atoms with Gasteiger partial charge in [-0.1, -0.05) is 18.6 Å². The molecule has 0 amide bonds. The number of hydrogen-bond donors (Lipinski definition) is 0. The van der Waals surface area contributed by atoms with Gasteiger partial charge >= 0.3 is 0 Å². The zero-order valence-electron chi connectivity index (χ0n) is 12.2. The van der Waals surface area contributed by atoms with E-state index in [4.69, 9.17) is 0 Å². The van der Waals surface area contributed by atoms with Crippen LogP contribution in [0.1, 0.15) is 50.4 Å². The van der Waals surface area contributed by atoms with Crippen LogP contribution >= 0.6 is 0 Å². The average molecular weight is 295 g/mol. The van der Waals surface area contributed by atoms with Crippen LogP contribution in [0, 0.1) is 0 Å². The molecule has 1 aliphatic rings. The van der Waals surface area contributed by atoms with Crippen molar-refractivity contribution in [2.45, 2.75) is 57.0 Å². The summed E-state index contributed by atoms with van der Waals surface area (Å²) < 4.78 is 27.2. The summed E-state index contributed by atoms with van der Waals surface area (Å²) in [6.07, 6.45) is 2.83. The van der Waals surface area contributed by atoms with Gasteiger partial charge in [-0.2, -0.15) is 4.31 Å². The molecule has 0 N–H and O–H groups in total. The molecular weight excluding hydrogens is 274 g/mol. The normalized spacial score (nSPS) is 24.6. The van der Waals surface area contributed by atoms with Gasteiger partial charge in [0.2, 0.25) is 10.0 Å². The summed E-state index contributed by atoms with van der Waals surface area (Å²) in [5.74, 6) is -0.123. The van der Waals surface area contributed by atoms with Crippen molar-refractivity contribution in [2.75, 3.05) is 0 Å². The molecule has 0 aliphatic carbocycles. The summed E-state index contributed by atoms with van der Waals surface area (Å²) in [7, 11) is -3.54. The summed E-state index contributed by atoms with van der Waals surface area (Å²) >= 11 is 0. The van der Waals surface area contributed by atoms with Crippen LogP contribution in [-0.4, -0.2) is 30.6 Å². The minimum Gasteiger partial charge on any atom is -0.295 e. The van der Waals surface area contributed by atoms with Crippen LogP contribution in [0.5, 0.6) is 0 Å². The van der Waals surface area contributed by atoms with E-state index in [2.05, 4.69) is 0 Å². The Morgan fingerprint density at radius 2 is 1.80 bits per heavy atom. The van der Waals surface area contributed by atoms with Crippen LogP contribution in [-0.2, 0) is 10.0 Å². The van der Waals surface area contributed by atoms with Gasteiger partial charge in [-0.05, 0) is 45.7 Å². The lowest BCUT2D eigenvalue weighted by Gasteiger charge is -2.37. The summed E-state index contributed by atoms with van der Waals surface area (Å²) in [6, 6.07) is 6.32. The zero-order chi connectivity index (χ0) is 14.9. The van der Waals surface area contributed by atoms with Crippen LogP contribution in [0.2, 0.25) is 0 Å². The largest absolute Gasteiger partial charge is 0.295 e. The van der Waals surface area contributed by atoms with E-state index in [0.717, 1.165) is 19.3 Å². The molecule has 4 nitrogen and oxygen atoms in total. The number of nitrogens with zero attached hydrogens (tertiary/aromatic N) is 1. The lowest BCUT2D eigenvalue weighted by atomic mass is 10.0. The number of hydrogen-bond acceptors (Lipinski definition) is 3. The molecule has 1 fully saturated rings. The molecule has 1 aliphatic heterocycles. The molecule has 2 rings (SSSR count). The Bertz CT molecular complexity index is 599. The molecular formula is C15H21NO3S. The second-order valence-corrected chi connectivity index (χ2v) is 7.39. The molecule has 1 heterocycles. The van der Waals surface area contributed by atoms with Crippen LogP contribution in [0.3, 0.4) is 0 Å². The minimum absolute atomic E-state index is 0.00438. The molecule has 0 saturated carbocycles. The van der Waals surface area contributed by atoms with Gasteiger partial charge in [0, 0.05) is 17.6 Å². The molecule has 20 heavy (non-hydrogen) atoms. The fraction of sp³-hybridized carbons (Fsp3) is 0.533. The lowest BCUT2D eigenvalue weighted by molar-refractivity contribution is 0.101. The Hall–Kier alpha value is -1.20. The average Bonchev–Trinajstić information content (AvgIpc) is 2.38. The van der Waals surface area contributed by atoms with E-state index >= 15 is 0 Å². The molecule has 110 valence electrons. The summed E-state index contributed by atoms with van der Waals surface area (Å²) in [6.45, 7) is 5.34. The van der Waals surface area contributed by atoms with Gasteiger partial charge < -0.3 is 0 Å². The van der Waals surface area contributed by atoms with Gasteiger partial charge in [0.1, 0.15) is 0 Å². The Balaban J connectivity index is 2.44.